The number of hydrogen-bond donors (Lipinski definition) is 3. The van der Waals surface area contributed by atoms with Crippen LogP contribution in [0.25, 0.3) is 0 Å². The van der Waals surface area contributed by atoms with Crippen molar-refractivity contribution in [1.82, 2.24) is 0 Å². The van der Waals surface area contributed by atoms with Gasteiger partial charge in [-0.25, -0.2) is 0 Å². The minimum Gasteiger partial charge on any atom is -0.506 e. The summed E-state index contributed by atoms with van der Waals surface area (Å²) >= 11 is 0. The molecule has 1 atom stereocenters. The van der Waals surface area contributed by atoms with E-state index in [-0.39, 0.29) is 11.4 Å². The van der Waals surface area contributed by atoms with Crippen molar-refractivity contribution in [2.45, 2.75) is 13.2 Å². The summed E-state index contributed by atoms with van der Waals surface area (Å²) in [5, 5.41) is 18.0. The Kier molecular flexibility index (Phi) is 2.40. The molecule has 0 radical (unpaired) electrons. The first-order chi connectivity index (χ1) is 5.59. The maximum absolute atomic E-state index is 9.13. The molecule has 0 bridgehead atoms. The number of ether oxygens (including phenoxy) is 1. The molecule has 0 aliphatic carbocycles. The zero-order chi connectivity index (χ0) is 9.14. The fourth-order valence-corrected chi connectivity index (χ4v) is 0.794. The van der Waals surface area contributed by atoms with Crippen molar-refractivity contribution >= 4 is 5.69 Å². The van der Waals surface area contributed by atoms with Gasteiger partial charge in [0.1, 0.15) is 11.5 Å². The Labute approximate surface area is 70.2 Å². The second kappa shape index (κ2) is 3.32. The Hall–Kier alpha value is -1.42. The van der Waals surface area contributed by atoms with E-state index < -0.39 is 6.29 Å². The molecule has 4 heteroatoms. The Morgan fingerprint density at radius 3 is 2.67 bits per heavy atom. The standard InChI is InChI=1S/C8H11NO3/c1-5(10)12-6-2-3-7(9)8(11)4-6/h2-5,10-11H,9H2,1H3. The maximum Gasteiger partial charge on any atom is 0.194 e. The van der Waals surface area contributed by atoms with Crippen LogP contribution in [-0.4, -0.2) is 16.5 Å². The van der Waals surface area contributed by atoms with E-state index in [1.807, 2.05) is 0 Å². The molecule has 1 rings (SSSR count). The number of aliphatic hydroxyl groups is 1. The first-order valence-corrected chi connectivity index (χ1v) is 3.53. The number of hydrogen-bond acceptors (Lipinski definition) is 4. The number of phenolic OH excluding ortho intramolecular Hbond substituents is 1. The average Bonchev–Trinajstić information content (AvgIpc) is 1.96. The van der Waals surface area contributed by atoms with Crippen LogP contribution in [0.5, 0.6) is 11.5 Å². The smallest absolute Gasteiger partial charge is 0.194 e. The molecule has 0 saturated heterocycles. The Bertz CT molecular complexity index is 273. The number of aliphatic hydroxyl groups excluding tert-OH is 1. The fraction of sp³-hybridized carbons (Fsp3) is 0.250. The number of phenols is 1. The number of nitrogens with two attached hydrogens (primary N) is 1. The van der Waals surface area contributed by atoms with Gasteiger partial charge in [0.25, 0.3) is 0 Å². The zero-order valence-corrected chi connectivity index (χ0v) is 6.69. The Morgan fingerprint density at radius 2 is 2.17 bits per heavy atom. The van der Waals surface area contributed by atoms with Gasteiger partial charge >= 0.3 is 0 Å². The van der Waals surface area contributed by atoms with Crippen LogP contribution in [0.4, 0.5) is 5.69 Å². The molecule has 0 amide bonds. The summed E-state index contributed by atoms with van der Waals surface area (Å²) < 4.78 is 4.89. The average molecular weight is 169 g/mol. The van der Waals surface area contributed by atoms with Gasteiger partial charge in [-0.2, -0.15) is 0 Å². The summed E-state index contributed by atoms with van der Waals surface area (Å²) in [6.45, 7) is 1.48. The topological polar surface area (TPSA) is 75.7 Å². The van der Waals surface area contributed by atoms with Gasteiger partial charge in [-0.05, 0) is 19.1 Å². The lowest BCUT2D eigenvalue weighted by Crippen LogP contribution is -2.09. The van der Waals surface area contributed by atoms with Crippen LogP contribution < -0.4 is 10.5 Å². The van der Waals surface area contributed by atoms with E-state index in [9.17, 15) is 0 Å². The molecular weight excluding hydrogens is 158 g/mol. The van der Waals surface area contributed by atoms with Crippen molar-refractivity contribution in [2.24, 2.45) is 0 Å². The summed E-state index contributed by atoms with van der Waals surface area (Å²) in [6.07, 6.45) is -0.895. The molecule has 0 aliphatic heterocycles. The molecule has 1 aromatic rings. The minimum absolute atomic E-state index is 0.0480. The van der Waals surface area contributed by atoms with Crippen molar-refractivity contribution in [2.75, 3.05) is 5.73 Å². The Balaban J connectivity index is 2.82. The van der Waals surface area contributed by atoms with Gasteiger partial charge in [0.05, 0.1) is 5.69 Å². The molecule has 0 fully saturated rings. The molecule has 66 valence electrons. The largest absolute Gasteiger partial charge is 0.506 e. The highest BCUT2D eigenvalue weighted by Crippen LogP contribution is 2.25. The summed E-state index contributed by atoms with van der Waals surface area (Å²) in [4.78, 5) is 0. The third-order valence-corrected chi connectivity index (χ3v) is 1.31. The van der Waals surface area contributed by atoms with Gasteiger partial charge in [0.2, 0.25) is 0 Å². The van der Waals surface area contributed by atoms with Crippen LogP contribution in [0.1, 0.15) is 6.92 Å². The molecule has 0 aliphatic rings. The van der Waals surface area contributed by atoms with E-state index >= 15 is 0 Å². The van der Waals surface area contributed by atoms with Crippen molar-refractivity contribution in [3.63, 3.8) is 0 Å². The van der Waals surface area contributed by atoms with Gasteiger partial charge in [-0.3, -0.25) is 0 Å². The second-order valence-corrected chi connectivity index (χ2v) is 2.44. The maximum atomic E-state index is 9.13. The van der Waals surface area contributed by atoms with Gasteiger partial charge in [0.15, 0.2) is 6.29 Å². The number of nitrogen functional groups attached to an aromatic ring is 1. The van der Waals surface area contributed by atoms with Crippen LogP contribution in [0.3, 0.4) is 0 Å². The minimum atomic E-state index is -0.895. The lowest BCUT2D eigenvalue weighted by Gasteiger charge is -2.08. The lowest BCUT2D eigenvalue weighted by molar-refractivity contribution is -0.000381. The predicted octanol–water partition coefficient (Wildman–Crippen LogP) is 0.691. The Morgan fingerprint density at radius 1 is 1.50 bits per heavy atom. The van der Waals surface area contributed by atoms with Gasteiger partial charge in [0, 0.05) is 6.07 Å². The predicted molar refractivity (Wildman–Crippen MR) is 44.8 cm³/mol. The van der Waals surface area contributed by atoms with Crippen LogP contribution in [-0.2, 0) is 0 Å². The SMILES string of the molecule is CC(O)Oc1ccc(N)c(O)c1. The number of anilines is 1. The molecule has 12 heavy (non-hydrogen) atoms. The molecule has 0 saturated carbocycles. The summed E-state index contributed by atoms with van der Waals surface area (Å²) in [6, 6.07) is 4.43. The van der Waals surface area contributed by atoms with Crippen molar-refractivity contribution < 1.29 is 14.9 Å². The highest BCUT2D eigenvalue weighted by atomic mass is 16.6. The molecule has 1 unspecified atom stereocenters. The van der Waals surface area contributed by atoms with Crippen molar-refractivity contribution in [3.05, 3.63) is 18.2 Å². The van der Waals surface area contributed by atoms with Crippen LogP contribution in [0.2, 0.25) is 0 Å². The molecule has 4 nitrogen and oxygen atoms in total. The molecule has 0 heterocycles. The number of aromatic hydroxyl groups is 1. The quantitative estimate of drug-likeness (QED) is 0.346. The van der Waals surface area contributed by atoms with E-state index in [0.29, 0.717) is 5.75 Å². The van der Waals surface area contributed by atoms with Crippen molar-refractivity contribution in [1.29, 1.82) is 0 Å². The van der Waals surface area contributed by atoms with Gasteiger partial charge < -0.3 is 20.7 Å². The molecular formula is C8H11NO3. The zero-order valence-electron chi connectivity index (χ0n) is 6.69. The lowest BCUT2D eigenvalue weighted by atomic mass is 10.3. The van der Waals surface area contributed by atoms with E-state index in [4.69, 9.17) is 20.7 Å². The number of benzene rings is 1. The number of rotatable bonds is 2. The van der Waals surface area contributed by atoms with E-state index in [0.717, 1.165) is 0 Å². The van der Waals surface area contributed by atoms with E-state index in [2.05, 4.69) is 0 Å². The first kappa shape index (κ1) is 8.67. The second-order valence-electron chi connectivity index (χ2n) is 2.44. The third kappa shape index (κ3) is 2.03. The fourth-order valence-electron chi connectivity index (χ4n) is 0.794. The molecule has 0 spiro atoms. The highest BCUT2D eigenvalue weighted by Gasteiger charge is 2.01. The van der Waals surface area contributed by atoms with Gasteiger partial charge in [-0.1, -0.05) is 0 Å². The monoisotopic (exact) mass is 169 g/mol. The van der Waals surface area contributed by atoms with Crippen LogP contribution >= 0.6 is 0 Å². The highest BCUT2D eigenvalue weighted by molar-refractivity contribution is 5.54. The van der Waals surface area contributed by atoms with Gasteiger partial charge in [-0.15, -0.1) is 0 Å². The van der Waals surface area contributed by atoms with E-state index in [1.165, 1.54) is 19.1 Å². The normalized spacial score (nSPS) is 12.5. The van der Waals surface area contributed by atoms with Crippen LogP contribution in [0.15, 0.2) is 18.2 Å². The first-order valence-electron chi connectivity index (χ1n) is 3.53. The molecule has 1 aromatic carbocycles. The summed E-state index contributed by atoms with van der Waals surface area (Å²) in [7, 11) is 0. The summed E-state index contributed by atoms with van der Waals surface area (Å²) in [5.74, 6) is 0.338. The molecule has 0 aromatic heterocycles. The molecule has 4 N–H and O–H groups in total. The van der Waals surface area contributed by atoms with Crippen molar-refractivity contribution in [3.8, 4) is 11.5 Å². The summed E-state index contributed by atoms with van der Waals surface area (Å²) in [5.41, 5.74) is 5.64. The van der Waals surface area contributed by atoms with E-state index in [1.54, 1.807) is 6.07 Å². The van der Waals surface area contributed by atoms with Crippen LogP contribution in [0, 0.1) is 0 Å². The third-order valence-electron chi connectivity index (χ3n) is 1.31.